The van der Waals surface area contributed by atoms with E-state index in [1.165, 1.54) is 25.9 Å². The first-order valence-corrected chi connectivity index (χ1v) is 10.0. The van der Waals surface area contributed by atoms with Crippen LogP contribution < -0.4 is 16.0 Å². The monoisotopic (exact) mass is 369 g/mol. The predicted molar refractivity (Wildman–Crippen MR) is 108 cm³/mol. The summed E-state index contributed by atoms with van der Waals surface area (Å²) in [6.45, 7) is 16.4. The lowest BCUT2D eigenvalue weighted by Crippen LogP contribution is -2.43. The SMILES string of the molecule is CCNC(=NCCCNC(=O)OC(C)(C)C)NCCN1CCCC(C)C1. The van der Waals surface area contributed by atoms with E-state index >= 15 is 0 Å². The number of carbonyl (C=O) groups excluding carboxylic acids is 1. The van der Waals surface area contributed by atoms with Crippen LogP contribution in [-0.4, -0.2) is 68.4 Å². The molecular weight excluding hydrogens is 330 g/mol. The Labute approximate surface area is 159 Å². The maximum Gasteiger partial charge on any atom is 0.407 e. The van der Waals surface area contributed by atoms with Gasteiger partial charge in [0, 0.05) is 39.3 Å². The Morgan fingerprint density at radius 2 is 2.00 bits per heavy atom. The molecule has 1 aliphatic rings. The van der Waals surface area contributed by atoms with Gasteiger partial charge in [-0.2, -0.15) is 0 Å². The molecule has 0 aromatic carbocycles. The van der Waals surface area contributed by atoms with Crippen LogP contribution in [0.2, 0.25) is 0 Å². The third kappa shape index (κ3) is 11.2. The number of likely N-dealkylation sites (tertiary alicyclic amines) is 1. The van der Waals surface area contributed by atoms with Gasteiger partial charge in [-0.25, -0.2) is 4.79 Å². The summed E-state index contributed by atoms with van der Waals surface area (Å²) in [5, 5.41) is 9.42. The number of aliphatic imine (C=N–C) groups is 1. The van der Waals surface area contributed by atoms with Crippen LogP contribution >= 0.6 is 0 Å². The van der Waals surface area contributed by atoms with Crippen LogP contribution in [0.4, 0.5) is 4.79 Å². The normalized spacial score (nSPS) is 19.1. The number of nitrogens with zero attached hydrogens (tertiary/aromatic N) is 2. The van der Waals surface area contributed by atoms with Gasteiger partial charge < -0.3 is 25.6 Å². The highest BCUT2D eigenvalue weighted by Crippen LogP contribution is 2.14. The number of nitrogens with one attached hydrogen (secondary N) is 3. The molecule has 0 saturated carbocycles. The highest BCUT2D eigenvalue weighted by molar-refractivity contribution is 5.79. The average molecular weight is 370 g/mol. The second kappa shape index (κ2) is 12.0. The number of ether oxygens (including phenoxy) is 1. The topological polar surface area (TPSA) is 78.0 Å². The quantitative estimate of drug-likeness (QED) is 0.347. The van der Waals surface area contributed by atoms with Gasteiger partial charge in [0.25, 0.3) is 0 Å². The van der Waals surface area contributed by atoms with Gasteiger partial charge in [0.15, 0.2) is 5.96 Å². The number of hydrogen-bond donors (Lipinski definition) is 3. The standard InChI is InChI=1S/C19H39N5O2/c1-6-20-17(22-12-14-24-13-7-9-16(2)15-24)21-10-8-11-23-18(25)26-19(3,4)5/h16H,6-15H2,1-5H3,(H,23,25)(H2,20,21,22). The molecule has 1 rings (SSSR count). The molecule has 1 saturated heterocycles. The maximum absolute atomic E-state index is 11.6. The number of carbonyl (C=O) groups is 1. The molecule has 0 aromatic heterocycles. The van der Waals surface area contributed by atoms with Crippen molar-refractivity contribution in [2.24, 2.45) is 10.9 Å². The molecule has 1 heterocycles. The fourth-order valence-corrected chi connectivity index (χ4v) is 2.94. The van der Waals surface area contributed by atoms with Gasteiger partial charge in [-0.15, -0.1) is 0 Å². The van der Waals surface area contributed by atoms with Crippen molar-refractivity contribution in [1.29, 1.82) is 0 Å². The van der Waals surface area contributed by atoms with Crippen LogP contribution in [0.3, 0.4) is 0 Å². The fourth-order valence-electron chi connectivity index (χ4n) is 2.94. The Bertz CT molecular complexity index is 434. The van der Waals surface area contributed by atoms with E-state index in [2.05, 4.69) is 39.7 Å². The zero-order valence-electron chi connectivity index (χ0n) is 17.4. The molecule has 0 aliphatic carbocycles. The summed E-state index contributed by atoms with van der Waals surface area (Å²) < 4.78 is 5.21. The molecule has 1 amide bonds. The van der Waals surface area contributed by atoms with Crippen molar-refractivity contribution in [3.63, 3.8) is 0 Å². The van der Waals surface area contributed by atoms with Crippen molar-refractivity contribution in [3.05, 3.63) is 0 Å². The van der Waals surface area contributed by atoms with Crippen LogP contribution in [0.5, 0.6) is 0 Å². The molecule has 1 unspecified atom stereocenters. The van der Waals surface area contributed by atoms with Gasteiger partial charge in [-0.05, 0) is 59.4 Å². The van der Waals surface area contributed by atoms with Gasteiger partial charge in [0.1, 0.15) is 5.60 Å². The van der Waals surface area contributed by atoms with Crippen LogP contribution in [0.15, 0.2) is 4.99 Å². The molecule has 0 radical (unpaired) electrons. The summed E-state index contributed by atoms with van der Waals surface area (Å²) in [7, 11) is 0. The summed E-state index contributed by atoms with van der Waals surface area (Å²) in [5.41, 5.74) is -0.462. The molecule has 1 fully saturated rings. The smallest absolute Gasteiger partial charge is 0.407 e. The van der Waals surface area contributed by atoms with E-state index in [0.29, 0.717) is 13.1 Å². The van der Waals surface area contributed by atoms with Gasteiger partial charge in [0.05, 0.1) is 0 Å². The lowest BCUT2D eigenvalue weighted by molar-refractivity contribution is 0.0527. The van der Waals surface area contributed by atoms with Crippen molar-refractivity contribution in [3.8, 4) is 0 Å². The number of piperidine rings is 1. The minimum atomic E-state index is -0.462. The Kier molecular flexibility index (Phi) is 10.4. The van der Waals surface area contributed by atoms with E-state index in [1.807, 2.05) is 20.8 Å². The molecule has 7 heteroatoms. The highest BCUT2D eigenvalue weighted by Gasteiger charge is 2.16. The van der Waals surface area contributed by atoms with Crippen LogP contribution in [0.25, 0.3) is 0 Å². The minimum Gasteiger partial charge on any atom is -0.444 e. The third-order valence-corrected chi connectivity index (χ3v) is 4.08. The third-order valence-electron chi connectivity index (χ3n) is 4.08. The lowest BCUT2D eigenvalue weighted by atomic mass is 10.0. The molecule has 1 atom stereocenters. The molecule has 3 N–H and O–H groups in total. The summed E-state index contributed by atoms with van der Waals surface area (Å²) in [4.78, 5) is 18.7. The Balaban J connectivity index is 2.20. The number of guanidine groups is 1. The number of rotatable bonds is 8. The van der Waals surface area contributed by atoms with Gasteiger partial charge in [-0.3, -0.25) is 4.99 Å². The zero-order valence-corrected chi connectivity index (χ0v) is 17.4. The van der Waals surface area contributed by atoms with E-state index < -0.39 is 5.60 Å². The first-order chi connectivity index (χ1) is 12.3. The van der Waals surface area contributed by atoms with Gasteiger partial charge in [0.2, 0.25) is 0 Å². The average Bonchev–Trinajstić information content (AvgIpc) is 2.53. The largest absolute Gasteiger partial charge is 0.444 e. The number of amides is 1. The van der Waals surface area contributed by atoms with Gasteiger partial charge in [-0.1, -0.05) is 6.92 Å². The zero-order chi connectivity index (χ0) is 19.4. The van der Waals surface area contributed by atoms with Crippen molar-refractivity contribution < 1.29 is 9.53 Å². The van der Waals surface area contributed by atoms with E-state index in [0.717, 1.165) is 37.9 Å². The highest BCUT2D eigenvalue weighted by atomic mass is 16.6. The van der Waals surface area contributed by atoms with E-state index in [-0.39, 0.29) is 6.09 Å². The van der Waals surface area contributed by atoms with Crippen molar-refractivity contribution >= 4 is 12.1 Å². The molecule has 1 aliphatic heterocycles. The van der Waals surface area contributed by atoms with Crippen LogP contribution in [0, 0.1) is 5.92 Å². The van der Waals surface area contributed by atoms with E-state index in [1.54, 1.807) is 0 Å². The van der Waals surface area contributed by atoms with Crippen molar-refractivity contribution in [1.82, 2.24) is 20.9 Å². The predicted octanol–water partition coefficient (Wildman–Crippen LogP) is 2.19. The van der Waals surface area contributed by atoms with Gasteiger partial charge >= 0.3 is 6.09 Å². The van der Waals surface area contributed by atoms with Crippen LogP contribution in [0.1, 0.15) is 53.9 Å². The molecule has 7 nitrogen and oxygen atoms in total. The van der Waals surface area contributed by atoms with Crippen LogP contribution in [-0.2, 0) is 4.74 Å². The van der Waals surface area contributed by atoms with E-state index in [4.69, 9.17) is 4.74 Å². The first-order valence-electron chi connectivity index (χ1n) is 10.0. The Morgan fingerprint density at radius 1 is 1.23 bits per heavy atom. The molecular formula is C19H39N5O2. The summed E-state index contributed by atoms with van der Waals surface area (Å²) in [5.74, 6) is 1.65. The van der Waals surface area contributed by atoms with Crippen molar-refractivity contribution in [2.45, 2.75) is 59.5 Å². The summed E-state index contributed by atoms with van der Waals surface area (Å²) in [6, 6.07) is 0. The molecule has 26 heavy (non-hydrogen) atoms. The second-order valence-electron chi connectivity index (χ2n) is 8.02. The number of alkyl carbamates (subject to hydrolysis) is 1. The summed E-state index contributed by atoms with van der Waals surface area (Å²) in [6.07, 6.45) is 3.06. The lowest BCUT2D eigenvalue weighted by Gasteiger charge is -2.30. The minimum absolute atomic E-state index is 0.373. The van der Waals surface area contributed by atoms with E-state index in [9.17, 15) is 4.79 Å². The maximum atomic E-state index is 11.6. The van der Waals surface area contributed by atoms with Crippen molar-refractivity contribution in [2.75, 3.05) is 45.8 Å². The molecule has 152 valence electrons. The summed E-state index contributed by atoms with van der Waals surface area (Å²) >= 11 is 0. The molecule has 0 aromatic rings. The Morgan fingerprint density at radius 3 is 2.65 bits per heavy atom. The molecule has 0 bridgehead atoms. The fraction of sp³-hybridized carbons (Fsp3) is 0.895. The first kappa shape index (κ1) is 22.5. The second-order valence-corrected chi connectivity index (χ2v) is 8.02. The number of hydrogen-bond acceptors (Lipinski definition) is 4. The molecule has 0 spiro atoms. The Hall–Kier alpha value is -1.50.